The van der Waals surface area contributed by atoms with Gasteiger partial charge in [0.05, 0.1) is 12.3 Å². The smallest absolute Gasteiger partial charge is 0.276 e. The number of ether oxygens (including phenoxy) is 1. The standard InChI is InChI=1S/C10H13ClN2O4S2/c1-6-8(18-7(12-6)5-17-2)9(14)13-19(15,16)10(11)3-4-10/h3-5H2,1-2H3,(H,13,14). The van der Waals surface area contributed by atoms with Crippen molar-refractivity contribution in [3.63, 3.8) is 0 Å². The van der Waals surface area contributed by atoms with Crippen molar-refractivity contribution in [2.75, 3.05) is 7.11 Å². The molecule has 1 heterocycles. The summed E-state index contributed by atoms with van der Waals surface area (Å²) in [6.45, 7) is 1.93. The van der Waals surface area contributed by atoms with Crippen molar-refractivity contribution < 1.29 is 17.9 Å². The molecular weight excluding hydrogens is 312 g/mol. The van der Waals surface area contributed by atoms with Crippen LogP contribution in [0.15, 0.2) is 0 Å². The Kier molecular flexibility index (Phi) is 3.87. The summed E-state index contributed by atoms with van der Waals surface area (Å²) in [4.78, 5) is 16.3. The third-order valence-corrected chi connectivity index (χ3v) is 6.61. The molecule has 0 aromatic carbocycles. The first kappa shape index (κ1) is 14.7. The van der Waals surface area contributed by atoms with Crippen LogP contribution < -0.4 is 4.72 Å². The highest BCUT2D eigenvalue weighted by atomic mass is 35.5. The number of nitrogens with one attached hydrogen (secondary N) is 1. The second kappa shape index (κ2) is 5.01. The van der Waals surface area contributed by atoms with E-state index >= 15 is 0 Å². The number of sulfonamides is 1. The number of alkyl halides is 1. The minimum Gasteiger partial charge on any atom is -0.378 e. The molecule has 9 heteroatoms. The molecule has 0 saturated heterocycles. The van der Waals surface area contributed by atoms with Gasteiger partial charge >= 0.3 is 0 Å². The number of aryl methyl sites for hydroxylation is 1. The predicted octanol–water partition coefficient (Wildman–Crippen LogP) is 1.39. The lowest BCUT2D eigenvalue weighted by molar-refractivity contribution is 0.0984. The Labute approximate surface area is 120 Å². The first-order valence-electron chi connectivity index (χ1n) is 5.50. The Bertz CT molecular complexity index is 607. The molecule has 1 N–H and O–H groups in total. The maximum atomic E-state index is 12.0. The summed E-state index contributed by atoms with van der Waals surface area (Å²) in [5, 5.41) is 0.620. The van der Waals surface area contributed by atoms with Crippen LogP contribution in [0.1, 0.15) is 33.2 Å². The summed E-state index contributed by atoms with van der Waals surface area (Å²) in [6.07, 6.45) is 0.710. The van der Waals surface area contributed by atoms with Gasteiger partial charge in [0.25, 0.3) is 15.9 Å². The molecule has 19 heavy (non-hydrogen) atoms. The third kappa shape index (κ3) is 2.91. The van der Waals surface area contributed by atoms with Crippen LogP contribution >= 0.6 is 22.9 Å². The van der Waals surface area contributed by atoms with Crippen molar-refractivity contribution in [1.82, 2.24) is 9.71 Å². The van der Waals surface area contributed by atoms with Crippen LogP contribution in [0.3, 0.4) is 0 Å². The summed E-state index contributed by atoms with van der Waals surface area (Å²) >= 11 is 6.94. The van der Waals surface area contributed by atoms with E-state index in [1.807, 2.05) is 4.72 Å². The highest BCUT2D eigenvalue weighted by Crippen LogP contribution is 2.46. The molecule has 0 aliphatic heterocycles. The second-order valence-electron chi connectivity index (χ2n) is 4.27. The van der Waals surface area contributed by atoms with Gasteiger partial charge in [-0.15, -0.1) is 11.3 Å². The van der Waals surface area contributed by atoms with Crippen LogP contribution in [-0.4, -0.2) is 30.6 Å². The number of carbonyl (C=O) groups is 1. The zero-order valence-corrected chi connectivity index (χ0v) is 12.8. The zero-order valence-electron chi connectivity index (χ0n) is 10.4. The highest BCUT2D eigenvalue weighted by molar-refractivity contribution is 7.93. The van der Waals surface area contributed by atoms with Crippen LogP contribution in [-0.2, 0) is 21.4 Å². The maximum absolute atomic E-state index is 12.0. The number of amides is 1. The van der Waals surface area contributed by atoms with Crippen molar-refractivity contribution >= 4 is 38.9 Å². The third-order valence-electron chi connectivity index (χ3n) is 2.67. The Morgan fingerprint density at radius 3 is 2.74 bits per heavy atom. The molecule has 1 amide bonds. The van der Waals surface area contributed by atoms with E-state index in [-0.39, 0.29) is 11.5 Å². The van der Waals surface area contributed by atoms with Crippen molar-refractivity contribution in [2.45, 2.75) is 30.6 Å². The molecule has 1 saturated carbocycles. The second-order valence-corrected chi connectivity index (χ2v) is 8.30. The van der Waals surface area contributed by atoms with Gasteiger partial charge in [0.2, 0.25) is 0 Å². The number of carbonyl (C=O) groups excluding carboxylic acids is 1. The molecule has 1 aliphatic rings. The summed E-state index contributed by atoms with van der Waals surface area (Å²) in [6, 6.07) is 0. The minimum atomic E-state index is -3.84. The molecule has 1 aromatic heterocycles. The van der Waals surface area contributed by atoms with E-state index in [2.05, 4.69) is 4.98 Å². The lowest BCUT2D eigenvalue weighted by Crippen LogP contribution is -2.37. The molecule has 0 spiro atoms. The molecule has 1 aliphatic carbocycles. The first-order valence-corrected chi connectivity index (χ1v) is 8.18. The average molecular weight is 325 g/mol. The lowest BCUT2D eigenvalue weighted by Gasteiger charge is -2.09. The summed E-state index contributed by atoms with van der Waals surface area (Å²) in [5.74, 6) is -0.690. The Balaban J connectivity index is 2.16. The van der Waals surface area contributed by atoms with Gasteiger partial charge in [0, 0.05) is 7.11 Å². The van der Waals surface area contributed by atoms with Crippen LogP contribution in [0.4, 0.5) is 0 Å². The molecule has 0 unspecified atom stereocenters. The van der Waals surface area contributed by atoms with Crippen LogP contribution in [0.25, 0.3) is 0 Å². The summed E-state index contributed by atoms with van der Waals surface area (Å²) in [7, 11) is -2.32. The molecule has 1 fully saturated rings. The molecule has 2 rings (SSSR count). The van der Waals surface area contributed by atoms with E-state index < -0.39 is 20.1 Å². The summed E-state index contributed by atoms with van der Waals surface area (Å²) in [5.41, 5.74) is 0.476. The van der Waals surface area contributed by atoms with Gasteiger partial charge in [-0.2, -0.15) is 0 Å². The SMILES string of the molecule is COCc1nc(C)c(C(=O)NS(=O)(=O)C2(Cl)CC2)s1. The van der Waals surface area contributed by atoms with Crippen molar-refractivity contribution in [1.29, 1.82) is 0 Å². The number of halogens is 1. The van der Waals surface area contributed by atoms with Crippen LogP contribution in [0.5, 0.6) is 0 Å². The molecule has 1 aromatic rings. The Morgan fingerprint density at radius 2 is 2.21 bits per heavy atom. The molecule has 6 nitrogen and oxygen atoms in total. The number of methoxy groups -OCH3 is 1. The predicted molar refractivity (Wildman–Crippen MR) is 71.8 cm³/mol. The fourth-order valence-electron chi connectivity index (χ4n) is 1.48. The van der Waals surface area contributed by atoms with Gasteiger partial charge in [-0.05, 0) is 19.8 Å². The fraction of sp³-hybridized carbons (Fsp3) is 0.600. The van der Waals surface area contributed by atoms with E-state index in [0.717, 1.165) is 11.3 Å². The van der Waals surface area contributed by atoms with E-state index in [1.54, 1.807) is 6.92 Å². The van der Waals surface area contributed by atoms with Crippen molar-refractivity contribution in [2.24, 2.45) is 0 Å². The Hall–Kier alpha value is -0.700. The normalized spacial score (nSPS) is 17.2. The van der Waals surface area contributed by atoms with E-state index in [1.165, 1.54) is 7.11 Å². The van der Waals surface area contributed by atoms with E-state index in [0.29, 0.717) is 23.5 Å². The number of hydrogen-bond acceptors (Lipinski definition) is 6. The number of aromatic nitrogens is 1. The quantitative estimate of drug-likeness (QED) is 0.827. The molecule has 0 atom stereocenters. The van der Waals surface area contributed by atoms with Gasteiger partial charge in [-0.1, -0.05) is 11.6 Å². The molecule has 0 radical (unpaired) electrons. The summed E-state index contributed by atoms with van der Waals surface area (Å²) < 4.78 is 29.3. The highest BCUT2D eigenvalue weighted by Gasteiger charge is 2.54. The van der Waals surface area contributed by atoms with Gasteiger partial charge in [-0.25, -0.2) is 18.1 Å². The average Bonchev–Trinajstić information content (AvgIpc) is 2.95. The largest absolute Gasteiger partial charge is 0.378 e. The number of nitrogens with zero attached hydrogens (tertiary/aromatic N) is 1. The lowest BCUT2D eigenvalue weighted by atomic mass is 10.4. The zero-order chi connectivity index (χ0) is 14.3. The van der Waals surface area contributed by atoms with Crippen LogP contribution in [0.2, 0.25) is 0 Å². The van der Waals surface area contributed by atoms with Gasteiger partial charge in [0.1, 0.15) is 9.88 Å². The van der Waals surface area contributed by atoms with Crippen molar-refractivity contribution in [3.05, 3.63) is 15.6 Å². The monoisotopic (exact) mass is 324 g/mol. The van der Waals surface area contributed by atoms with E-state index in [9.17, 15) is 13.2 Å². The topological polar surface area (TPSA) is 85.4 Å². The first-order chi connectivity index (χ1) is 8.79. The molecule has 0 bridgehead atoms. The Morgan fingerprint density at radius 1 is 1.58 bits per heavy atom. The van der Waals surface area contributed by atoms with Gasteiger partial charge in [0.15, 0.2) is 4.21 Å². The number of hydrogen-bond donors (Lipinski definition) is 1. The number of thiazole rings is 1. The number of rotatable bonds is 5. The molecular formula is C10H13ClN2O4S2. The van der Waals surface area contributed by atoms with Crippen LogP contribution in [0, 0.1) is 6.92 Å². The van der Waals surface area contributed by atoms with Crippen molar-refractivity contribution in [3.8, 4) is 0 Å². The van der Waals surface area contributed by atoms with Gasteiger partial charge < -0.3 is 4.74 Å². The van der Waals surface area contributed by atoms with E-state index in [4.69, 9.17) is 16.3 Å². The van der Waals surface area contributed by atoms with Gasteiger partial charge in [-0.3, -0.25) is 4.79 Å². The molecule has 106 valence electrons. The maximum Gasteiger partial charge on any atom is 0.276 e. The fourth-order valence-corrected chi connectivity index (χ4v) is 3.85. The minimum absolute atomic E-state index is 0.261.